The molecule has 1 aromatic rings. The highest BCUT2D eigenvalue weighted by molar-refractivity contribution is 14.0. The summed E-state index contributed by atoms with van der Waals surface area (Å²) in [5.74, 6) is 0.309. The van der Waals surface area contributed by atoms with Crippen LogP contribution in [-0.2, 0) is 6.54 Å². The van der Waals surface area contributed by atoms with Gasteiger partial charge in [-0.05, 0) is 11.6 Å². The van der Waals surface area contributed by atoms with Crippen LogP contribution in [0.4, 0.5) is 13.2 Å². The first-order chi connectivity index (χ1) is 8.92. The van der Waals surface area contributed by atoms with Crippen LogP contribution in [-0.4, -0.2) is 25.7 Å². The fourth-order valence-corrected chi connectivity index (χ4v) is 1.57. The van der Waals surface area contributed by atoms with Crippen molar-refractivity contribution in [3.8, 4) is 0 Å². The van der Waals surface area contributed by atoms with Crippen LogP contribution in [0.2, 0.25) is 5.02 Å². The van der Waals surface area contributed by atoms with E-state index in [2.05, 4.69) is 15.6 Å². The molecule has 114 valence electrons. The molecule has 2 N–H and O–H groups in total. The van der Waals surface area contributed by atoms with E-state index < -0.39 is 12.6 Å². The summed E-state index contributed by atoms with van der Waals surface area (Å²) < 4.78 is 36.0. The Balaban J connectivity index is 0.00000361. The largest absolute Gasteiger partial charge is 0.390 e. The molecule has 0 unspecified atom stereocenters. The van der Waals surface area contributed by atoms with E-state index >= 15 is 0 Å². The molecular formula is C12H16ClF3IN3. The minimum atomic E-state index is -4.17. The van der Waals surface area contributed by atoms with Gasteiger partial charge in [0.2, 0.25) is 0 Å². The lowest BCUT2D eigenvalue weighted by Crippen LogP contribution is -2.38. The summed E-state index contributed by atoms with van der Waals surface area (Å²) in [5, 5.41) is 6.09. The molecule has 8 heteroatoms. The molecule has 0 aliphatic carbocycles. The van der Waals surface area contributed by atoms with Gasteiger partial charge in [-0.1, -0.05) is 29.8 Å². The van der Waals surface area contributed by atoms with Crippen LogP contribution in [0.5, 0.6) is 0 Å². The SMILES string of the molecule is CN=C(NCCC(F)(F)F)NCc1ccccc1Cl.I. The average molecular weight is 422 g/mol. The van der Waals surface area contributed by atoms with Gasteiger partial charge in [0.05, 0.1) is 6.42 Å². The summed E-state index contributed by atoms with van der Waals surface area (Å²) >= 11 is 5.97. The van der Waals surface area contributed by atoms with Gasteiger partial charge in [0.1, 0.15) is 0 Å². The van der Waals surface area contributed by atoms with Crippen molar-refractivity contribution in [2.45, 2.75) is 19.1 Å². The van der Waals surface area contributed by atoms with E-state index in [9.17, 15) is 13.2 Å². The number of hydrogen-bond donors (Lipinski definition) is 2. The zero-order valence-electron chi connectivity index (χ0n) is 10.8. The first-order valence-corrected chi connectivity index (χ1v) is 6.05. The Kier molecular flexibility index (Phi) is 8.95. The van der Waals surface area contributed by atoms with Gasteiger partial charge in [-0.3, -0.25) is 4.99 Å². The molecule has 1 aromatic carbocycles. The third-order valence-electron chi connectivity index (χ3n) is 2.33. The first-order valence-electron chi connectivity index (χ1n) is 5.67. The van der Waals surface area contributed by atoms with E-state index in [0.29, 0.717) is 17.5 Å². The third kappa shape index (κ3) is 7.78. The van der Waals surface area contributed by atoms with E-state index in [-0.39, 0.29) is 30.5 Å². The number of nitrogens with zero attached hydrogens (tertiary/aromatic N) is 1. The molecule has 0 bridgehead atoms. The van der Waals surface area contributed by atoms with Gasteiger partial charge in [-0.25, -0.2) is 0 Å². The minimum absolute atomic E-state index is 0. The van der Waals surface area contributed by atoms with Crippen molar-refractivity contribution in [1.29, 1.82) is 0 Å². The predicted octanol–water partition coefficient (Wildman–Crippen LogP) is 3.58. The van der Waals surface area contributed by atoms with Gasteiger partial charge >= 0.3 is 6.18 Å². The Morgan fingerprint density at radius 2 is 1.90 bits per heavy atom. The van der Waals surface area contributed by atoms with Crippen molar-refractivity contribution in [2.24, 2.45) is 4.99 Å². The Morgan fingerprint density at radius 3 is 2.45 bits per heavy atom. The maximum Gasteiger partial charge on any atom is 0.390 e. The molecule has 0 aliphatic rings. The Morgan fingerprint density at radius 1 is 1.25 bits per heavy atom. The summed E-state index contributed by atoms with van der Waals surface area (Å²) in [4.78, 5) is 3.84. The van der Waals surface area contributed by atoms with Crippen molar-refractivity contribution < 1.29 is 13.2 Å². The van der Waals surface area contributed by atoms with E-state index in [1.54, 1.807) is 6.07 Å². The minimum Gasteiger partial charge on any atom is -0.356 e. The Labute approximate surface area is 138 Å². The number of halogens is 5. The Hall–Kier alpha value is -0.700. The maximum absolute atomic E-state index is 12.0. The second-order valence-corrected chi connectivity index (χ2v) is 4.22. The molecule has 0 spiro atoms. The maximum atomic E-state index is 12.0. The monoisotopic (exact) mass is 421 g/mol. The second kappa shape index (κ2) is 9.28. The van der Waals surface area contributed by atoms with Crippen LogP contribution in [0.3, 0.4) is 0 Å². The van der Waals surface area contributed by atoms with Crippen molar-refractivity contribution in [1.82, 2.24) is 10.6 Å². The fourth-order valence-electron chi connectivity index (χ4n) is 1.36. The summed E-state index contributed by atoms with van der Waals surface area (Å²) in [6.45, 7) is 0.178. The molecule has 0 heterocycles. The van der Waals surface area contributed by atoms with Gasteiger partial charge in [-0.2, -0.15) is 13.2 Å². The zero-order chi connectivity index (χ0) is 14.3. The molecule has 0 saturated carbocycles. The van der Waals surface area contributed by atoms with E-state index in [1.165, 1.54) is 7.05 Å². The molecule has 0 aromatic heterocycles. The fraction of sp³-hybridized carbons (Fsp3) is 0.417. The lowest BCUT2D eigenvalue weighted by atomic mass is 10.2. The molecule has 1 rings (SSSR count). The molecule has 0 saturated heterocycles. The number of hydrogen-bond acceptors (Lipinski definition) is 1. The number of benzene rings is 1. The zero-order valence-corrected chi connectivity index (χ0v) is 13.9. The normalized spacial score (nSPS) is 11.8. The van der Waals surface area contributed by atoms with E-state index in [1.807, 2.05) is 18.2 Å². The first kappa shape index (κ1) is 19.3. The van der Waals surface area contributed by atoms with Crippen LogP contribution in [0, 0.1) is 0 Å². The number of guanidine groups is 1. The molecular weight excluding hydrogens is 406 g/mol. The summed E-state index contributed by atoms with van der Waals surface area (Å²) in [6, 6.07) is 7.22. The molecule has 0 radical (unpaired) electrons. The van der Waals surface area contributed by atoms with Crippen LogP contribution in [0.1, 0.15) is 12.0 Å². The van der Waals surface area contributed by atoms with Gasteiger partial charge in [0.25, 0.3) is 0 Å². The summed E-state index contributed by atoms with van der Waals surface area (Å²) in [5.41, 5.74) is 0.850. The van der Waals surface area contributed by atoms with Crippen LogP contribution in [0.15, 0.2) is 29.3 Å². The molecule has 0 aliphatic heterocycles. The lowest BCUT2D eigenvalue weighted by molar-refractivity contribution is -0.132. The van der Waals surface area contributed by atoms with E-state index in [0.717, 1.165) is 5.56 Å². The van der Waals surface area contributed by atoms with Crippen LogP contribution >= 0.6 is 35.6 Å². The number of alkyl halides is 3. The Bertz CT molecular complexity index is 438. The molecule has 20 heavy (non-hydrogen) atoms. The summed E-state index contributed by atoms with van der Waals surface area (Å²) in [6.07, 6.45) is -5.08. The third-order valence-corrected chi connectivity index (χ3v) is 2.70. The van der Waals surface area contributed by atoms with Crippen LogP contribution < -0.4 is 10.6 Å². The highest BCUT2D eigenvalue weighted by Crippen LogP contribution is 2.18. The van der Waals surface area contributed by atoms with E-state index in [4.69, 9.17) is 11.6 Å². The second-order valence-electron chi connectivity index (χ2n) is 3.81. The highest BCUT2D eigenvalue weighted by Gasteiger charge is 2.26. The van der Waals surface area contributed by atoms with Gasteiger partial charge in [-0.15, -0.1) is 24.0 Å². The summed E-state index contributed by atoms with van der Waals surface area (Å²) in [7, 11) is 1.50. The molecule has 0 atom stereocenters. The number of aliphatic imine (C=N–C) groups is 1. The molecule has 3 nitrogen and oxygen atoms in total. The van der Waals surface area contributed by atoms with Crippen molar-refractivity contribution in [2.75, 3.05) is 13.6 Å². The average Bonchev–Trinajstić information content (AvgIpc) is 2.34. The highest BCUT2D eigenvalue weighted by atomic mass is 127. The van der Waals surface area contributed by atoms with Gasteiger partial charge in [0.15, 0.2) is 5.96 Å². The van der Waals surface area contributed by atoms with Crippen LogP contribution in [0.25, 0.3) is 0 Å². The van der Waals surface area contributed by atoms with Crippen molar-refractivity contribution >= 4 is 41.5 Å². The van der Waals surface area contributed by atoms with Gasteiger partial charge < -0.3 is 10.6 Å². The topological polar surface area (TPSA) is 36.4 Å². The lowest BCUT2D eigenvalue weighted by Gasteiger charge is -2.13. The molecule has 0 fully saturated rings. The standard InChI is InChI=1S/C12H15ClF3N3.HI/c1-17-11(18-7-6-12(14,15)16)19-8-9-4-2-3-5-10(9)13;/h2-5H,6-8H2,1H3,(H2,17,18,19);1H. The van der Waals surface area contributed by atoms with Crippen molar-refractivity contribution in [3.05, 3.63) is 34.9 Å². The smallest absolute Gasteiger partial charge is 0.356 e. The van der Waals surface area contributed by atoms with Crippen molar-refractivity contribution in [3.63, 3.8) is 0 Å². The number of nitrogens with one attached hydrogen (secondary N) is 2. The molecule has 0 amide bonds. The quantitative estimate of drug-likeness (QED) is 0.443. The number of rotatable bonds is 4. The predicted molar refractivity (Wildman–Crippen MR) is 85.7 cm³/mol. The van der Waals surface area contributed by atoms with Gasteiger partial charge in [0, 0.05) is 25.2 Å².